The van der Waals surface area contributed by atoms with Gasteiger partial charge in [-0.15, -0.1) is 0 Å². The molecule has 0 radical (unpaired) electrons. The highest BCUT2D eigenvalue weighted by Crippen LogP contribution is 2.28. The van der Waals surface area contributed by atoms with Crippen molar-refractivity contribution in [3.63, 3.8) is 0 Å². The van der Waals surface area contributed by atoms with Gasteiger partial charge in [0.2, 0.25) is 0 Å². The Kier molecular flexibility index (Phi) is 31.8. The average Bonchev–Trinajstić information content (AvgIpc) is 2.24. The molecule has 0 spiro atoms. The van der Waals surface area contributed by atoms with Crippen molar-refractivity contribution in [3.8, 4) is 12.1 Å². The normalized spacial score (nSPS) is 10.4. The van der Waals surface area contributed by atoms with E-state index in [1.54, 1.807) is 42.5 Å². The van der Waals surface area contributed by atoms with Crippen molar-refractivity contribution in [2.24, 2.45) is 7.05 Å². The lowest BCUT2D eigenvalue weighted by molar-refractivity contribution is 0.629. The van der Waals surface area contributed by atoms with Gasteiger partial charge in [-0.2, -0.15) is 10.5 Å². The van der Waals surface area contributed by atoms with Gasteiger partial charge in [0.1, 0.15) is 23.3 Å². The number of fused-ring (bicyclic) bond motifs is 7. The summed E-state index contributed by atoms with van der Waals surface area (Å²) in [5.74, 6) is -0.642. The van der Waals surface area contributed by atoms with Crippen molar-refractivity contribution in [1.82, 2.24) is 34.5 Å². The molecule has 0 aliphatic rings. The Balaban J connectivity index is 0.000000206. The van der Waals surface area contributed by atoms with Crippen LogP contribution in [-0.4, -0.2) is 34.5 Å². The number of unbranched alkanes of at least 4 members (excludes halogenated alkanes) is 2. The van der Waals surface area contributed by atoms with E-state index in [0.29, 0.717) is 0 Å². The van der Waals surface area contributed by atoms with Crippen LogP contribution < -0.4 is 0 Å². The average molecular weight is 1350 g/mol. The minimum atomic E-state index is -0.170. The van der Waals surface area contributed by atoms with Crippen molar-refractivity contribution in [3.05, 3.63) is 249 Å². The Bertz CT molecular complexity index is 4740. The Morgan fingerprint density at radius 1 is 0.347 bits per heavy atom. The zero-order chi connectivity index (χ0) is 67.8. The molecule has 0 fully saturated rings. The summed E-state index contributed by atoms with van der Waals surface area (Å²) in [5, 5.41) is 26.2. The van der Waals surface area contributed by atoms with Crippen molar-refractivity contribution >= 4 is 87.9 Å². The molecule has 0 unspecified atom stereocenters. The summed E-state index contributed by atoms with van der Waals surface area (Å²) in [6.45, 7) is 15.0. The first-order valence-electron chi connectivity index (χ1n) is 33.4. The maximum Gasteiger partial charge on any atom is 0.123 e. The van der Waals surface area contributed by atoms with Gasteiger partial charge in [0.15, 0.2) is 0 Å². The lowest BCUT2D eigenvalue weighted by Crippen LogP contribution is -1.83. The number of halogens is 5. The highest BCUT2D eigenvalue weighted by atomic mass is 35.5. The van der Waals surface area contributed by atoms with Crippen LogP contribution in [0, 0.1) is 45.9 Å². The summed E-state index contributed by atoms with van der Waals surface area (Å²) in [5.41, 5.74) is 17.9. The van der Waals surface area contributed by atoms with Gasteiger partial charge in [-0.05, 0) is 224 Å². The summed E-state index contributed by atoms with van der Waals surface area (Å²) in [6, 6.07) is 41.4. The van der Waals surface area contributed by atoms with E-state index in [-0.39, 0.29) is 45.5 Å². The molecule has 7 aromatic heterocycles. The van der Waals surface area contributed by atoms with Crippen LogP contribution in [0.4, 0.5) is 17.6 Å². The van der Waals surface area contributed by atoms with E-state index in [2.05, 4.69) is 114 Å². The molecule has 516 valence electrons. The first-order chi connectivity index (χ1) is 46.1. The van der Waals surface area contributed by atoms with Crippen LogP contribution in [-0.2, 0) is 52.0 Å². The summed E-state index contributed by atoms with van der Waals surface area (Å²) < 4.78 is 53.9. The van der Waals surface area contributed by atoms with Gasteiger partial charge in [0.05, 0.1) is 23.3 Å². The molecule has 0 bridgehead atoms. The second-order valence-electron chi connectivity index (χ2n) is 23.9. The molecule has 98 heavy (non-hydrogen) atoms. The molecule has 7 heterocycles. The van der Waals surface area contributed by atoms with Gasteiger partial charge in [0, 0.05) is 132 Å². The van der Waals surface area contributed by atoms with Gasteiger partial charge < -0.3 is 34.5 Å². The number of nitrogens with zero attached hydrogens (tertiary/aromatic N) is 3. The van der Waals surface area contributed by atoms with Gasteiger partial charge in [-0.3, -0.25) is 0 Å². The van der Waals surface area contributed by atoms with E-state index in [4.69, 9.17) is 22.1 Å². The van der Waals surface area contributed by atoms with Crippen LogP contribution in [0.5, 0.6) is 0 Å². The first kappa shape index (κ1) is 79.0. The standard InChI is InChI=1S/C13H14N2.2C12H14FN.C12H12N2.C11H12ClN.C11H12FN.C10H10FN.3CH4/c1-2-3-4-11-9-15-13-6-5-10(8-14)7-12(11)13;1-3-4-9-8-14(2)12-6-5-10(13)7-11(9)12;1-2-3-4-9-8-14-12-6-5-10(13)7-11(9)12;1-2-3-10-8-14-12-5-4-9(7-13)6-11(10)12;2*1-2-3-8-7-13-11-5-4-9(12)6-10(8)11;1-2-7-6-12-10-4-3-8(11)5-9(7)10;;;/h5-7,9,15H,2-4H2,1H3;5-8H,3-4H2,1-2H3;5-8,14H,2-4H2,1H3;4-6,8,14H,2-3H2,1H3;2*4-7,13H,2-3H2,1H3;3-6,12H,2H2,1H3;3*1H4. The Labute approximate surface area is 582 Å². The fraction of sp³-hybridized carbons (Fsp3) is 0.310. The topological polar surface area (TPSA) is 147 Å². The van der Waals surface area contributed by atoms with Crippen molar-refractivity contribution < 1.29 is 17.6 Å². The number of benzene rings is 7. The van der Waals surface area contributed by atoms with Gasteiger partial charge in [-0.25, -0.2) is 17.6 Å². The number of aromatic nitrogens is 7. The third kappa shape index (κ3) is 20.9. The van der Waals surface area contributed by atoms with E-state index in [9.17, 15) is 17.6 Å². The Hall–Kier alpha value is -9.69. The molecule has 0 atom stereocenters. The monoisotopic (exact) mass is 1350 g/mol. The molecule has 14 heteroatoms. The largest absolute Gasteiger partial charge is 0.361 e. The summed E-state index contributed by atoms with van der Waals surface area (Å²) in [7, 11) is 2.00. The zero-order valence-electron chi connectivity index (χ0n) is 56.0. The molecule has 0 saturated carbocycles. The van der Waals surface area contributed by atoms with Crippen molar-refractivity contribution in [2.75, 3.05) is 0 Å². The number of aromatic amines is 6. The molecule has 9 nitrogen and oxygen atoms in total. The summed E-state index contributed by atoms with van der Waals surface area (Å²) in [6.07, 6.45) is 30.6. The summed E-state index contributed by atoms with van der Waals surface area (Å²) >= 11 is 5.93. The van der Waals surface area contributed by atoms with E-state index in [1.807, 2.05) is 92.5 Å². The predicted molar refractivity (Wildman–Crippen MR) is 410 cm³/mol. The predicted octanol–water partition coefficient (Wildman–Crippen LogP) is 25.1. The first-order valence-corrected chi connectivity index (χ1v) is 33.8. The lowest BCUT2D eigenvalue weighted by Gasteiger charge is -1.97. The minimum Gasteiger partial charge on any atom is -0.361 e. The van der Waals surface area contributed by atoms with Crippen molar-refractivity contribution in [1.29, 1.82) is 10.5 Å². The second-order valence-corrected chi connectivity index (χ2v) is 24.3. The number of aryl methyl sites for hydroxylation is 8. The van der Waals surface area contributed by atoms with Crippen LogP contribution in [0.15, 0.2) is 171 Å². The van der Waals surface area contributed by atoms with Crippen LogP contribution in [0.2, 0.25) is 5.02 Å². The number of hydrogen-bond acceptors (Lipinski definition) is 2. The van der Waals surface area contributed by atoms with E-state index in [0.717, 1.165) is 141 Å². The molecule has 0 saturated heterocycles. The number of rotatable bonds is 15. The van der Waals surface area contributed by atoms with Crippen molar-refractivity contribution in [2.45, 2.75) is 167 Å². The third-order valence-electron chi connectivity index (χ3n) is 16.8. The molecule has 0 aliphatic heterocycles. The van der Waals surface area contributed by atoms with Crippen LogP contribution in [0.25, 0.3) is 76.3 Å². The van der Waals surface area contributed by atoms with Gasteiger partial charge in [0.25, 0.3) is 0 Å². The molecule has 14 rings (SSSR count). The SMILES string of the molecule is C.C.C.CCCCc1c[nH]c2ccc(C#N)cc12.CCCCc1c[nH]c2ccc(F)cc12.CCCc1c[nH]c2ccc(C#N)cc12.CCCc1c[nH]c2ccc(Cl)cc12.CCCc1c[nH]c2ccc(F)cc12.CCCc1cn(C)c2ccc(F)cc12.CCc1c[nH]c2ccc(F)cc12. The van der Waals surface area contributed by atoms with E-state index >= 15 is 0 Å². The van der Waals surface area contributed by atoms with Crippen LogP contribution in [0.3, 0.4) is 0 Å². The maximum atomic E-state index is 13.1. The van der Waals surface area contributed by atoms with E-state index in [1.165, 1.54) is 111 Å². The smallest absolute Gasteiger partial charge is 0.123 e. The second kappa shape index (κ2) is 39.5. The molecule has 0 aliphatic carbocycles. The van der Waals surface area contributed by atoms with Gasteiger partial charge >= 0.3 is 0 Å². The maximum absolute atomic E-state index is 13.1. The number of nitrogens with one attached hydrogen (secondary N) is 6. The molecule has 6 N–H and O–H groups in total. The minimum absolute atomic E-state index is 0. The van der Waals surface area contributed by atoms with Gasteiger partial charge in [-0.1, -0.05) is 121 Å². The Morgan fingerprint density at radius 3 is 1.00 bits per heavy atom. The lowest BCUT2D eigenvalue weighted by atomic mass is 10.1. The molecule has 14 aromatic rings. The molecular weight excluding hydrogens is 1250 g/mol. The molecular formula is C84H100ClF4N9. The fourth-order valence-electron chi connectivity index (χ4n) is 11.9. The number of hydrogen-bond donors (Lipinski definition) is 6. The zero-order valence-corrected chi connectivity index (χ0v) is 56.8. The molecule has 7 aromatic carbocycles. The quantitative estimate of drug-likeness (QED) is 0.0568. The number of H-pyrrole nitrogens is 6. The van der Waals surface area contributed by atoms with E-state index < -0.39 is 0 Å². The third-order valence-corrected chi connectivity index (χ3v) is 17.0. The highest BCUT2D eigenvalue weighted by Gasteiger charge is 2.10. The molecule has 0 amide bonds. The van der Waals surface area contributed by atoms with Crippen LogP contribution in [0.1, 0.15) is 172 Å². The summed E-state index contributed by atoms with van der Waals surface area (Å²) in [4.78, 5) is 19.1. The fourth-order valence-corrected chi connectivity index (χ4v) is 12.1. The number of nitriles is 2. The van der Waals surface area contributed by atoms with Crippen LogP contribution >= 0.6 is 11.6 Å². The highest BCUT2D eigenvalue weighted by molar-refractivity contribution is 6.31. The Morgan fingerprint density at radius 2 is 0.643 bits per heavy atom.